The van der Waals surface area contributed by atoms with E-state index in [2.05, 4.69) is 10.1 Å². The second kappa shape index (κ2) is 12.0. The van der Waals surface area contributed by atoms with Gasteiger partial charge in [0.05, 0.1) is 0 Å². The van der Waals surface area contributed by atoms with Crippen LogP contribution in [0.15, 0.2) is 12.1 Å². The van der Waals surface area contributed by atoms with Crippen LogP contribution in [-0.2, 0) is 9.47 Å². The molecule has 7 nitrogen and oxygen atoms in total. The fourth-order valence-electron chi connectivity index (χ4n) is 3.97. The third-order valence-electron chi connectivity index (χ3n) is 6.14. The number of carbonyl (C=O) groups excluding carboxylic acids is 3. The van der Waals surface area contributed by atoms with Crippen LogP contribution in [0.25, 0.3) is 0 Å². The Morgan fingerprint density at radius 2 is 1.79 bits per heavy atom. The van der Waals surface area contributed by atoms with E-state index < -0.39 is 37.8 Å². The second-order valence-electron chi connectivity index (χ2n) is 9.35. The molecule has 1 unspecified atom stereocenters. The van der Waals surface area contributed by atoms with Gasteiger partial charge in [-0.25, -0.2) is 0 Å². The molecule has 2 amide bonds. The third kappa shape index (κ3) is 7.17. The zero-order valence-electron chi connectivity index (χ0n) is 19.9. The number of benzene rings is 1. The Kier molecular flexibility index (Phi) is 9.34. The van der Waals surface area contributed by atoms with Gasteiger partial charge < -0.3 is 0 Å². The summed E-state index contributed by atoms with van der Waals surface area (Å²) in [5.41, 5.74) is -0.642. The van der Waals surface area contributed by atoms with Crippen molar-refractivity contribution in [3.05, 3.63) is 29.3 Å². The van der Waals surface area contributed by atoms with Gasteiger partial charge in [0.2, 0.25) is 0 Å². The molecule has 3 rings (SSSR count). The van der Waals surface area contributed by atoms with Crippen LogP contribution in [0.1, 0.15) is 56.3 Å². The molecule has 0 radical (unpaired) electrons. The molecule has 34 heavy (non-hydrogen) atoms. The van der Waals surface area contributed by atoms with Crippen LogP contribution in [0.3, 0.4) is 0 Å². The predicted octanol–water partition coefficient (Wildman–Crippen LogP) is 5.42. The summed E-state index contributed by atoms with van der Waals surface area (Å²) in [6.45, 7) is 5.39. The summed E-state index contributed by atoms with van der Waals surface area (Å²) < 4.78 is 38.2. The molecule has 0 aromatic heterocycles. The number of likely N-dealkylation sites (tertiary alicyclic amines) is 1. The van der Waals surface area contributed by atoms with Crippen LogP contribution in [0.5, 0.6) is 0 Å². The molecule has 1 heterocycles. The molecule has 1 aromatic carbocycles. The van der Waals surface area contributed by atoms with Crippen molar-refractivity contribution >= 4 is 37.1 Å². The third-order valence-corrected chi connectivity index (χ3v) is 12.0. The molecule has 10 heteroatoms. The van der Waals surface area contributed by atoms with Crippen molar-refractivity contribution < 1.29 is 32.6 Å². The normalized spacial score (nSPS) is 17.4. The maximum absolute atomic E-state index is 14.4. The van der Waals surface area contributed by atoms with Gasteiger partial charge in [0.25, 0.3) is 0 Å². The van der Waals surface area contributed by atoms with Crippen LogP contribution in [0.2, 0.25) is 9.91 Å². The molecule has 2 aliphatic rings. The number of esters is 1. The summed E-state index contributed by atoms with van der Waals surface area (Å²) in [5, 5.41) is 3.44. The van der Waals surface area contributed by atoms with E-state index in [4.69, 9.17) is 4.74 Å². The minimum atomic E-state index is -2.16. The molecule has 1 saturated carbocycles. The SMILES string of the molecule is COC(=O)c1cc(NC(=O)[As](CCC2CC2)C2CCN(C(=O)OCC(C)C)CC2)c(F)cc1F. The Bertz CT molecular complexity index is 902. The number of halogens is 2. The summed E-state index contributed by atoms with van der Waals surface area (Å²) in [4.78, 5) is 39.1. The minimum absolute atomic E-state index is 0.170. The Hall–Kier alpha value is -2.15. The van der Waals surface area contributed by atoms with Gasteiger partial charge in [0.1, 0.15) is 0 Å². The first-order valence-corrected chi connectivity index (χ1v) is 15.1. The first kappa shape index (κ1) is 26.5. The van der Waals surface area contributed by atoms with Gasteiger partial charge in [-0.05, 0) is 0 Å². The standard InChI is InChI=1S/C24H33AsF2N2O5/c1-15(2)14-34-24(32)29-10-7-17(8-11-29)25(9-6-16-4-5-16)23(31)28-21-12-18(22(30)33-3)19(26)13-20(21)27/h12-13,15-17H,4-11,14H2,1-3H3,(H,28,31). The van der Waals surface area contributed by atoms with E-state index in [1.807, 2.05) is 13.8 Å². The van der Waals surface area contributed by atoms with Crippen molar-refractivity contribution in [1.29, 1.82) is 0 Å². The van der Waals surface area contributed by atoms with Crippen molar-refractivity contribution in [3.8, 4) is 0 Å². The van der Waals surface area contributed by atoms with E-state index in [9.17, 15) is 23.2 Å². The molecule has 1 N–H and O–H groups in total. The number of hydrogen-bond donors (Lipinski definition) is 1. The summed E-state index contributed by atoms with van der Waals surface area (Å²) in [6.07, 6.45) is 4.42. The van der Waals surface area contributed by atoms with Crippen molar-refractivity contribution in [3.63, 3.8) is 0 Å². The predicted molar refractivity (Wildman–Crippen MR) is 125 cm³/mol. The van der Waals surface area contributed by atoms with Crippen molar-refractivity contribution in [1.82, 2.24) is 4.90 Å². The number of piperidine rings is 1. The number of methoxy groups -OCH3 is 1. The number of amides is 2. The molecule has 0 spiro atoms. The monoisotopic (exact) mass is 542 g/mol. The van der Waals surface area contributed by atoms with Crippen molar-refractivity contribution in [2.24, 2.45) is 11.8 Å². The van der Waals surface area contributed by atoms with Gasteiger partial charge in [-0.3, -0.25) is 0 Å². The van der Waals surface area contributed by atoms with Gasteiger partial charge in [0.15, 0.2) is 0 Å². The second-order valence-corrected chi connectivity index (χ2v) is 14.6. The Morgan fingerprint density at radius 1 is 1.12 bits per heavy atom. The van der Waals surface area contributed by atoms with Crippen molar-refractivity contribution in [2.45, 2.75) is 55.9 Å². The molecule has 0 bridgehead atoms. The molecule has 1 aromatic rings. The van der Waals surface area contributed by atoms with Crippen LogP contribution in [-0.4, -0.2) is 63.1 Å². The molecule has 2 fully saturated rings. The molecule has 1 aliphatic carbocycles. The van der Waals surface area contributed by atoms with E-state index in [0.29, 0.717) is 44.5 Å². The van der Waals surface area contributed by atoms with E-state index in [0.717, 1.165) is 24.8 Å². The summed E-state index contributed by atoms with van der Waals surface area (Å²) in [7, 11) is 1.11. The van der Waals surface area contributed by atoms with E-state index in [-0.39, 0.29) is 27.1 Å². The number of nitrogens with zero attached hydrogens (tertiary/aromatic N) is 1. The van der Waals surface area contributed by atoms with Gasteiger partial charge in [0, 0.05) is 0 Å². The Morgan fingerprint density at radius 3 is 2.38 bits per heavy atom. The van der Waals surface area contributed by atoms with Crippen LogP contribution < -0.4 is 5.32 Å². The Balaban J connectivity index is 1.67. The van der Waals surface area contributed by atoms with Crippen LogP contribution in [0, 0.1) is 23.5 Å². The average molecular weight is 542 g/mol. The molecular formula is C24H33AsF2N2O5. The number of anilines is 1. The maximum atomic E-state index is 14.4. The van der Waals surface area contributed by atoms with Crippen LogP contribution in [0.4, 0.5) is 24.1 Å². The van der Waals surface area contributed by atoms with Crippen LogP contribution >= 0.6 is 0 Å². The quantitative estimate of drug-likeness (QED) is 0.333. The van der Waals surface area contributed by atoms with E-state index in [1.54, 1.807) is 4.90 Å². The first-order valence-electron chi connectivity index (χ1n) is 11.8. The summed E-state index contributed by atoms with van der Waals surface area (Å²) in [6, 6.07) is 1.58. The number of ether oxygens (including phenoxy) is 2. The topological polar surface area (TPSA) is 84.9 Å². The van der Waals surface area contributed by atoms with Gasteiger partial charge in [-0.1, -0.05) is 0 Å². The fraction of sp³-hybridized carbons (Fsp3) is 0.625. The van der Waals surface area contributed by atoms with Gasteiger partial charge in [-0.2, -0.15) is 0 Å². The van der Waals surface area contributed by atoms with E-state index >= 15 is 0 Å². The molecular weight excluding hydrogens is 509 g/mol. The van der Waals surface area contributed by atoms with Gasteiger partial charge in [-0.15, -0.1) is 0 Å². The average Bonchev–Trinajstić information content (AvgIpc) is 3.63. The molecule has 188 valence electrons. The number of nitrogens with one attached hydrogen (secondary N) is 1. The van der Waals surface area contributed by atoms with Gasteiger partial charge >= 0.3 is 204 Å². The number of rotatable bonds is 9. The molecule has 1 atom stereocenters. The summed E-state index contributed by atoms with van der Waals surface area (Å²) in [5.74, 6) is -1.99. The van der Waals surface area contributed by atoms with Crippen molar-refractivity contribution in [2.75, 3.05) is 32.1 Å². The molecule has 1 aliphatic heterocycles. The zero-order valence-corrected chi connectivity index (χ0v) is 21.8. The fourth-order valence-corrected chi connectivity index (χ4v) is 9.55. The Labute approximate surface area is 203 Å². The first-order chi connectivity index (χ1) is 16.2. The number of hydrogen-bond acceptors (Lipinski definition) is 5. The summed E-state index contributed by atoms with van der Waals surface area (Å²) >= 11 is -2.16. The van der Waals surface area contributed by atoms with E-state index in [1.165, 1.54) is 12.8 Å². The number of carbonyl (C=O) groups is 3. The zero-order chi connectivity index (χ0) is 24.8. The molecule has 1 saturated heterocycles.